The maximum absolute atomic E-state index is 12.1. The highest BCUT2D eigenvalue weighted by molar-refractivity contribution is 9.10. The van der Waals surface area contributed by atoms with Crippen LogP contribution in [0.1, 0.15) is 25.8 Å². The van der Waals surface area contributed by atoms with Crippen molar-refractivity contribution >= 4 is 33.5 Å². The molecule has 1 amide bonds. The number of benzene rings is 1. The molecule has 0 aliphatic rings. The third-order valence-electron chi connectivity index (χ3n) is 3.15. The number of hydrogen-bond donors (Lipinski definition) is 2. The molecule has 6 heteroatoms. The molecular formula is C15H21BrN2O3. The minimum Gasteiger partial charge on any atom is -0.481 e. The van der Waals surface area contributed by atoms with Gasteiger partial charge in [-0.25, -0.2) is 0 Å². The normalized spacial score (nSPS) is 11.0. The molecule has 116 valence electrons. The van der Waals surface area contributed by atoms with Crippen LogP contribution in [0.4, 0.5) is 5.69 Å². The van der Waals surface area contributed by atoms with Gasteiger partial charge in [-0.3, -0.25) is 14.5 Å². The van der Waals surface area contributed by atoms with Gasteiger partial charge in [0.25, 0.3) is 0 Å². The van der Waals surface area contributed by atoms with E-state index in [9.17, 15) is 9.59 Å². The van der Waals surface area contributed by atoms with Crippen LogP contribution >= 0.6 is 15.9 Å². The predicted octanol–water partition coefficient (Wildman–Crippen LogP) is 2.88. The van der Waals surface area contributed by atoms with Crippen molar-refractivity contribution < 1.29 is 14.7 Å². The third kappa shape index (κ3) is 6.27. The van der Waals surface area contributed by atoms with E-state index in [1.165, 1.54) is 0 Å². The van der Waals surface area contributed by atoms with E-state index in [1.54, 1.807) is 0 Å². The highest BCUT2D eigenvalue weighted by Crippen LogP contribution is 2.20. The van der Waals surface area contributed by atoms with Crippen LogP contribution in [-0.2, 0) is 9.59 Å². The van der Waals surface area contributed by atoms with Crippen LogP contribution in [0.15, 0.2) is 22.7 Å². The second-order valence-electron chi connectivity index (χ2n) is 5.22. The molecule has 0 aliphatic carbocycles. The molecule has 0 unspecified atom stereocenters. The van der Waals surface area contributed by atoms with Gasteiger partial charge in [-0.2, -0.15) is 0 Å². The Labute approximate surface area is 133 Å². The van der Waals surface area contributed by atoms with Gasteiger partial charge in [-0.15, -0.1) is 0 Å². The number of nitrogens with zero attached hydrogens (tertiary/aromatic N) is 1. The number of hydrogen-bond acceptors (Lipinski definition) is 3. The zero-order valence-electron chi connectivity index (χ0n) is 12.5. The topological polar surface area (TPSA) is 69.6 Å². The van der Waals surface area contributed by atoms with E-state index in [4.69, 9.17) is 5.11 Å². The van der Waals surface area contributed by atoms with Crippen LogP contribution < -0.4 is 5.32 Å². The van der Waals surface area contributed by atoms with E-state index in [0.717, 1.165) is 15.7 Å². The summed E-state index contributed by atoms with van der Waals surface area (Å²) in [6.45, 7) is 6.35. The monoisotopic (exact) mass is 356 g/mol. The second-order valence-corrected chi connectivity index (χ2v) is 6.13. The van der Waals surface area contributed by atoms with E-state index in [1.807, 2.05) is 43.9 Å². The Morgan fingerprint density at radius 3 is 2.57 bits per heavy atom. The maximum Gasteiger partial charge on any atom is 0.304 e. The van der Waals surface area contributed by atoms with E-state index < -0.39 is 5.97 Å². The molecule has 0 aromatic heterocycles. The zero-order chi connectivity index (χ0) is 16.0. The number of carbonyl (C=O) groups is 2. The minimum absolute atomic E-state index is 0.0305. The van der Waals surface area contributed by atoms with Gasteiger partial charge in [0.1, 0.15) is 0 Å². The van der Waals surface area contributed by atoms with Gasteiger partial charge >= 0.3 is 5.97 Å². The summed E-state index contributed by atoms with van der Waals surface area (Å²) in [6, 6.07) is 5.75. The molecule has 0 saturated carbocycles. The van der Waals surface area contributed by atoms with Gasteiger partial charge in [0.05, 0.1) is 13.0 Å². The van der Waals surface area contributed by atoms with Gasteiger partial charge in [0.2, 0.25) is 5.91 Å². The van der Waals surface area contributed by atoms with Gasteiger partial charge in [-0.1, -0.05) is 15.9 Å². The second kappa shape index (κ2) is 8.14. The molecule has 5 nitrogen and oxygen atoms in total. The van der Waals surface area contributed by atoms with Crippen LogP contribution in [0.5, 0.6) is 0 Å². The molecule has 0 radical (unpaired) electrons. The van der Waals surface area contributed by atoms with E-state index in [-0.39, 0.29) is 24.9 Å². The maximum atomic E-state index is 12.1. The highest BCUT2D eigenvalue weighted by atomic mass is 79.9. The lowest BCUT2D eigenvalue weighted by Gasteiger charge is -2.25. The van der Waals surface area contributed by atoms with Crippen LogP contribution in [0.3, 0.4) is 0 Å². The van der Waals surface area contributed by atoms with Crippen LogP contribution in [0.2, 0.25) is 0 Å². The summed E-state index contributed by atoms with van der Waals surface area (Å²) in [7, 11) is 0. The summed E-state index contributed by atoms with van der Waals surface area (Å²) in [5.74, 6) is -0.996. The lowest BCUT2D eigenvalue weighted by molar-refractivity contribution is -0.137. The first-order chi connectivity index (χ1) is 9.79. The Morgan fingerprint density at radius 1 is 1.38 bits per heavy atom. The summed E-state index contributed by atoms with van der Waals surface area (Å²) >= 11 is 3.38. The summed E-state index contributed by atoms with van der Waals surface area (Å²) in [4.78, 5) is 24.6. The molecule has 1 aromatic rings. The average Bonchev–Trinajstić information content (AvgIpc) is 2.37. The Bertz CT molecular complexity index is 518. The van der Waals surface area contributed by atoms with Crippen molar-refractivity contribution in [3.05, 3.63) is 28.2 Å². The zero-order valence-corrected chi connectivity index (χ0v) is 14.1. The van der Waals surface area contributed by atoms with Crippen molar-refractivity contribution in [2.45, 2.75) is 33.2 Å². The Balaban J connectivity index is 2.63. The van der Waals surface area contributed by atoms with Gasteiger partial charge in [-0.05, 0) is 44.5 Å². The molecule has 0 fully saturated rings. The van der Waals surface area contributed by atoms with Crippen molar-refractivity contribution in [2.75, 3.05) is 18.4 Å². The fraction of sp³-hybridized carbons (Fsp3) is 0.467. The van der Waals surface area contributed by atoms with Gasteiger partial charge in [0, 0.05) is 22.7 Å². The van der Waals surface area contributed by atoms with Crippen molar-refractivity contribution in [1.29, 1.82) is 0 Å². The predicted molar refractivity (Wildman–Crippen MR) is 86.5 cm³/mol. The lowest BCUT2D eigenvalue weighted by atomic mass is 10.2. The summed E-state index contributed by atoms with van der Waals surface area (Å²) in [5.41, 5.74) is 1.74. The molecule has 0 aliphatic heterocycles. The number of carboxylic acid groups (broad SMARTS) is 1. The summed E-state index contributed by atoms with van der Waals surface area (Å²) in [5, 5.41) is 11.6. The van der Waals surface area contributed by atoms with E-state index in [2.05, 4.69) is 21.2 Å². The SMILES string of the molecule is Cc1cc(Br)ccc1NC(=O)CN(CCC(=O)O)C(C)C. The van der Waals surface area contributed by atoms with Crippen molar-refractivity contribution in [3.63, 3.8) is 0 Å². The van der Waals surface area contributed by atoms with Crippen LogP contribution in [0, 0.1) is 6.92 Å². The third-order valence-corrected chi connectivity index (χ3v) is 3.65. The van der Waals surface area contributed by atoms with Gasteiger partial charge < -0.3 is 10.4 Å². The summed E-state index contributed by atoms with van der Waals surface area (Å²) in [6.07, 6.45) is 0.0305. The molecule has 2 N–H and O–H groups in total. The molecule has 21 heavy (non-hydrogen) atoms. The Kier molecular flexibility index (Phi) is 6.84. The van der Waals surface area contributed by atoms with Crippen LogP contribution in [0.25, 0.3) is 0 Å². The fourth-order valence-corrected chi connectivity index (χ4v) is 2.38. The Hall–Kier alpha value is -1.40. The highest BCUT2D eigenvalue weighted by Gasteiger charge is 2.15. The van der Waals surface area contributed by atoms with E-state index in [0.29, 0.717) is 6.54 Å². The molecule has 0 bridgehead atoms. The number of halogens is 1. The molecule has 0 spiro atoms. The fourth-order valence-electron chi connectivity index (χ4n) is 1.90. The van der Waals surface area contributed by atoms with Crippen molar-refractivity contribution in [3.8, 4) is 0 Å². The molecule has 0 heterocycles. The molecule has 1 rings (SSSR count). The number of carboxylic acids is 1. The lowest BCUT2D eigenvalue weighted by Crippen LogP contribution is -2.39. The van der Waals surface area contributed by atoms with Crippen molar-refractivity contribution in [2.24, 2.45) is 0 Å². The molecular weight excluding hydrogens is 336 g/mol. The minimum atomic E-state index is -0.857. The molecule has 0 saturated heterocycles. The molecule has 0 atom stereocenters. The molecule has 1 aromatic carbocycles. The van der Waals surface area contributed by atoms with Crippen molar-refractivity contribution in [1.82, 2.24) is 4.90 Å². The number of nitrogens with one attached hydrogen (secondary N) is 1. The standard InChI is InChI=1S/C15H21BrN2O3/c1-10(2)18(7-6-15(20)21)9-14(19)17-13-5-4-12(16)8-11(13)3/h4-5,8,10H,6-7,9H2,1-3H3,(H,17,19)(H,20,21). The first-order valence-corrected chi connectivity index (χ1v) is 7.60. The van der Waals surface area contributed by atoms with Gasteiger partial charge in [0.15, 0.2) is 0 Å². The quantitative estimate of drug-likeness (QED) is 0.787. The summed E-state index contributed by atoms with van der Waals surface area (Å²) < 4.78 is 0.961. The first-order valence-electron chi connectivity index (χ1n) is 6.81. The van der Waals surface area contributed by atoms with E-state index >= 15 is 0 Å². The largest absolute Gasteiger partial charge is 0.481 e. The number of carbonyl (C=O) groups excluding carboxylic acids is 1. The Morgan fingerprint density at radius 2 is 2.05 bits per heavy atom. The smallest absolute Gasteiger partial charge is 0.304 e. The number of rotatable bonds is 7. The number of aryl methyl sites for hydroxylation is 1. The number of amides is 1. The van der Waals surface area contributed by atoms with Crippen LogP contribution in [-0.4, -0.2) is 41.0 Å². The average molecular weight is 357 g/mol. The first kappa shape index (κ1) is 17.7. The number of aliphatic carboxylic acids is 1. The number of anilines is 1.